The van der Waals surface area contributed by atoms with Crippen LogP contribution < -0.4 is 5.32 Å². The fourth-order valence-corrected chi connectivity index (χ4v) is 5.81. The Bertz CT molecular complexity index is 1060. The Kier molecular flexibility index (Phi) is 12.2. The van der Waals surface area contributed by atoms with Gasteiger partial charge in [-0.25, -0.2) is 14.0 Å². The van der Waals surface area contributed by atoms with E-state index < -0.39 is 47.6 Å². The van der Waals surface area contributed by atoms with Crippen LogP contribution in [0.1, 0.15) is 103 Å². The molecule has 3 rings (SSSR count). The number of benzene rings is 1. The molecule has 42 heavy (non-hydrogen) atoms. The number of hydrogen-bond acceptors (Lipinski definition) is 7. The minimum atomic E-state index is -0.913. The number of carboxylic acid groups (broad SMARTS) is 1. The maximum absolute atomic E-state index is 14.4. The molecule has 0 saturated carbocycles. The molecular formula is C32H48FNO8. The minimum absolute atomic E-state index is 0.0876. The van der Waals surface area contributed by atoms with Crippen molar-refractivity contribution in [3.8, 4) is 0 Å². The SMILES string of the molecule is CCC[C@H](C[C@H]1CC[C@H]([C@@H](C)[C@@H](C[C@H]2CC[C@H]([C@@H](C)C(=O)O)O2)OC(=O)c2ccccc2F)O1)NC(=O)OC(C)(C)C. The Morgan fingerprint density at radius 3 is 2.26 bits per heavy atom. The predicted octanol–water partition coefficient (Wildman–Crippen LogP) is 6.28. The quantitative estimate of drug-likeness (QED) is 0.257. The molecule has 0 radical (unpaired) electrons. The first kappa shape index (κ1) is 33.8. The lowest BCUT2D eigenvalue weighted by Crippen LogP contribution is -2.41. The molecule has 2 saturated heterocycles. The molecular weight excluding hydrogens is 545 g/mol. The zero-order valence-electron chi connectivity index (χ0n) is 25.8. The van der Waals surface area contributed by atoms with Gasteiger partial charge in [-0.2, -0.15) is 0 Å². The first-order valence-electron chi connectivity index (χ1n) is 15.3. The molecule has 0 aliphatic carbocycles. The Morgan fingerprint density at radius 1 is 1.02 bits per heavy atom. The van der Waals surface area contributed by atoms with E-state index in [1.165, 1.54) is 18.2 Å². The fraction of sp³-hybridized carbons (Fsp3) is 0.719. The van der Waals surface area contributed by atoms with Crippen molar-refractivity contribution in [1.29, 1.82) is 0 Å². The van der Waals surface area contributed by atoms with Crippen molar-refractivity contribution in [2.45, 2.75) is 135 Å². The number of carbonyl (C=O) groups excluding carboxylic acids is 2. The van der Waals surface area contributed by atoms with E-state index in [9.17, 15) is 23.9 Å². The van der Waals surface area contributed by atoms with Crippen LogP contribution in [0.3, 0.4) is 0 Å². The largest absolute Gasteiger partial charge is 0.481 e. The monoisotopic (exact) mass is 593 g/mol. The Hall–Kier alpha value is -2.72. The Morgan fingerprint density at radius 2 is 1.64 bits per heavy atom. The molecule has 0 aromatic heterocycles. The number of aliphatic carboxylic acids is 1. The first-order chi connectivity index (χ1) is 19.8. The van der Waals surface area contributed by atoms with Gasteiger partial charge in [0, 0.05) is 18.4 Å². The van der Waals surface area contributed by atoms with E-state index in [4.69, 9.17) is 18.9 Å². The van der Waals surface area contributed by atoms with E-state index in [1.54, 1.807) is 13.0 Å². The number of hydrogen-bond donors (Lipinski definition) is 2. The van der Waals surface area contributed by atoms with Gasteiger partial charge in [-0.05, 0) is 78.4 Å². The summed E-state index contributed by atoms with van der Waals surface area (Å²) in [4.78, 5) is 36.9. The number of carbonyl (C=O) groups is 3. The van der Waals surface area contributed by atoms with Crippen LogP contribution in [0.15, 0.2) is 24.3 Å². The zero-order valence-corrected chi connectivity index (χ0v) is 25.8. The summed E-state index contributed by atoms with van der Waals surface area (Å²) in [6.07, 6.45) is 3.37. The third-order valence-electron chi connectivity index (χ3n) is 8.15. The highest BCUT2D eigenvalue weighted by atomic mass is 19.1. The van der Waals surface area contributed by atoms with Crippen LogP contribution in [0.5, 0.6) is 0 Å². The number of ether oxygens (including phenoxy) is 4. The maximum Gasteiger partial charge on any atom is 0.407 e. The lowest BCUT2D eigenvalue weighted by Gasteiger charge is -2.31. The number of rotatable bonds is 13. The van der Waals surface area contributed by atoms with Crippen molar-refractivity contribution in [3.05, 3.63) is 35.6 Å². The van der Waals surface area contributed by atoms with Gasteiger partial charge in [0.15, 0.2) is 0 Å². The van der Waals surface area contributed by atoms with Crippen LogP contribution in [0.25, 0.3) is 0 Å². The molecule has 8 atom stereocenters. The van der Waals surface area contributed by atoms with Gasteiger partial charge in [0.05, 0.1) is 35.9 Å². The molecule has 1 amide bonds. The summed E-state index contributed by atoms with van der Waals surface area (Å²) in [7, 11) is 0. The molecule has 2 aliphatic heterocycles. The van der Waals surface area contributed by atoms with Crippen LogP contribution in [0.4, 0.5) is 9.18 Å². The average molecular weight is 594 g/mol. The summed E-state index contributed by atoms with van der Waals surface area (Å²) in [5.74, 6) is -3.19. The molecule has 0 unspecified atom stereocenters. The highest BCUT2D eigenvalue weighted by Crippen LogP contribution is 2.35. The van der Waals surface area contributed by atoms with Crippen LogP contribution in [-0.2, 0) is 23.7 Å². The second kappa shape index (κ2) is 15.1. The van der Waals surface area contributed by atoms with E-state index in [1.807, 2.05) is 27.7 Å². The van der Waals surface area contributed by atoms with Crippen molar-refractivity contribution in [1.82, 2.24) is 5.32 Å². The van der Waals surface area contributed by atoms with Crippen molar-refractivity contribution in [3.63, 3.8) is 0 Å². The van der Waals surface area contributed by atoms with Crippen molar-refractivity contribution >= 4 is 18.0 Å². The Labute approximate surface area is 248 Å². The van der Waals surface area contributed by atoms with E-state index in [0.29, 0.717) is 25.7 Å². The number of nitrogens with one attached hydrogen (secondary N) is 1. The summed E-state index contributed by atoms with van der Waals surface area (Å²) >= 11 is 0. The topological polar surface area (TPSA) is 120 Å². The summed E-state index contributed by atoms with van der Waals surface area (Å²) in [5, 5.41) is 12.4. The molecule has 1 aromatic carbocycles. The number of carboxylic acids is 1. The van der Waals surface area contributed by atoms with Crippen molar-refractivity contribution in [2.75, 3.05) is 0 Å². The van der Waals surface area contributed by atoms with Crippen LogP contribution in [0, 0.1) is 17.7 Å². The van der Waals surface area contributed by atoms with E-state index in [0.717, 1.165) is 25.7 Å². The molecule has 0 bridgehead atoms. The van der Waals surface area contributed by atoms with Gasteiger partial charge in [0.25, 0.3) is 0 Å². The Balaban J connectivity index is 1.67. The minimum Gasteiger partial charge on any atom is -0.481 e. The van der Waals surface area contributed by atoms with Gasteiger partial charge in [0.2, 0.25) is 0 Å². The van der Waals surface area contributed by atoms with Crippen molar-refractivity contribution in [2.24, 2.45) is 11.8 Å². The molecule has 2 aliphatic rings. The van der Waals surface area contributed by atoms with E-state index in [2.05, 4.69) is 12.2 Å². The van der Waals surface area contributed by atoms with Crippen LogP contribution >= 0.6 is 0 Å². The fourth-order valence-electron chi connectivity index (χ4n) is 5.81. The second-order valence-electron chi connectivity index (χ2n) is 12.8. The van der Waals surface area contributed by atoms with Gasteiger partial charge in [0.1, 0.15) is 17.5 Å². The summed E-state index contributed by atoms with van der Waals surface area (Å²) in [6.45, 7) is 11.1. The number of alkyl carbamates (subject to hydrolysis) is 1. The highest BCUT2D eigenvalue weighted by Gasteiger charge is 2.40. The maximum atomic E-state index is 14.4. The molecule has 2 N–H and O–H groups in total. The lowest BCUT2D eigenvalue weighted by molar-refractivity contribution is -0.146. The zero-order chi connectivity index (χ0) is 31.0. The van der Waals surface area contributed by atoms with Gasteiger partial charge in [-0.1, -0.05) is 32.4 Å². The standard InChI is InChI=1S/C32H48FNO8/c1-7-10-21(34-31(38)42-32(4,5)6)17-22-13-15-26(39-22)19(2)28(41-30(37)24-11-8-9-12-25(24)33)18-23-14-16-27(40-23)20(3)29(35)36/h8-9,11-12,19-23,26-28H,7,10,13-18H2,1-6H3,(H,34,38)(H,35,36)/t19-,20-,21-,22-,23-,26-,27-,28-/m1/s1. The molecule has 236 valence electrons. The smallest absolute Gasteiger partial charge is 0.407 e. The van der Waals surface area contributed by atoms with Gasteiger partial charge in [-0.3, -0.25) is 4.79 Å². The highest BCUT2D eigenvalue weighted by molar-refractivity contribution is 5.89. The number of amides is 1. The predicted molar refractivity (Wildman–Crippen MR) is 155 cm³/mol. The molecule has 1 aromatic rings. The molecule has 9 nitrogen and oxygen atoms in total. The molecule has 2 heterocycles. The summed E-state index contributed by atoms with van der Waals surface area (Å²) in [5.41, 5.74) is -0.727. The number of esters is 1. The lowest BCUT2D eigenvalue weighted by atomic mass is 9.91. The molecule has 0 spiro atoms. The first-order valence-corrected chi connectivity index (χ1v) is 15.3. The molecule has 2 fully saturated rings. The van der Waals surface area contributed by atoms with Crippen molar-refractivity contribution < 1.29 is 42.8 Å². The van der Waals surface area contributed by atoms with E-state index in [-0.39, 0.29) is 35.8 Å². The molecule has 10 heteroatoms. The van der Waals surface area contributed by atoms with E-state index >= 15 is 0 Å². The van der Waals surface area contributed by atoms with Gasteiger partial charge < -0.3 is 29.4 Å². The normalized spacial score (nSPS) is 25.3. The third kappa shape index (κ3) is 9.93. The van der Waals surface area contributed by atoms with Gasteiger partial charge in [-0.15, -0.1) is 0 Å². The summed E-state index contributed by atoms with van der Waals surface area (Å²) in [6, 6.07) is 5.61. The van der Waals surface area contributed by atoms with Crippen LogP contribution in [-0.4, -0.2) is 65.3 Å². The number of halogens is 1. The average Bonchev–Trinajstić information content (AvgIpc) is 3.56. The third-order valence-corrected chi connectivity index (χ3v) is 8.15. The second-order valence-corrected chi connectivity index (χ2v) is 12.8. The van der Waals surface area contributed by atoms with Crippen LogP contribution in [0.2, 0.25) is 0 Å². The van der Waals surface area contributed by atoms with Gasteiger partial charge >= 0.3 is 18.0 Å². The summed E-state index contributed by atoms with van der Waals surface area (Å²) < 4.78 is 38.3.